The fraction of sp³-hybridized carbons (Fsp3) is 0.222. The fourth-order valence-electron chi connectivity index (χ4n) is 2.44. The molecule has 8 heteroatoms. The van der Waals surface area contributed by atoms with E-state index < -0.39 is 23.9 Å². The number of aryl methyl sites for hydroxylation is 1. The average molecular weight is 395 g/mol. The van der Waals surface area contributed by atoms with Crippen molar-refractivity contribution in [3.05, 3.63) is 63.6 Å². The normalized spacial score (nSPS) is 13.4. The van der Waals surface area contributed by atoms with E-state index in [0.29, 0.717) is 10.8 Å². The Morgan fingerprint density at radius 3 is 2.81 bits per heavy atom. The molecular weight excluding hydrogens is 379 g/mol. The van der Waals surface area contributed by atoms with Crippen molar-refractivity contribution < 1.29 is 18.7 Å². The lowest BCUT2D eigenvalue weighted by atomic mass is 10.0. The Balaban J connectivity index is 1.72. The van der Waals surface area contributed by atoms with Crippen molar-refractivity contribution in [2.45, 2.75) is 26.0 Å². The summed E-state index contributed by atoms with van der Waals surface area (Å²) in [5.41, 5.74) is 0.143. The van der Waals surface area contributed by atoms with E-state index in [4.69, 9.17) is 16.0 Å². The third-order valence-electron chi connectivity index (χ3n) is 3.82. The van der Waals surface area contributed by atoms with Gasteiger partial charge in [0.2, 0.25) is 0 Å². The zero-order chi connectivity index (χ0) is 18.8. The molecule has 0 saturated carbocycles. The molecule has 2 atom stereocenters. The number of hydrogen-bond donors (Lipinski definition) is 2. The van der Waals surface area contributed by atoms with Gasteiger partial charge < -0.3 is 14.8 Å². The average Bonchev–Trinajstić information content (AvgIpc) is 3.23. The van der Waals surface area contributed by atoms with Gasteiger partial charge in [-0.25, -0.2) is 9.37 Å². The Kier molecular flexibility index (Phi) is 5.41. The van der Waals surface area contributed by atoms with Gasteiger partial charge in [-0.05, 0) is 38.1 Å². The first-order chi connectivity index (χ1) is 12.4. The van der Waals surface area contributed by atoms with Crippen LogP contribution in [0.1, 0.15) is 34.8 Å². The summed E-state index contributed by atoms with van der Waals surface area (Å²) < 4.78 is 19.4. The van der Waals surface area contributed by atoms with Crippen LogP contribution in [0.25, 0.3) is 10.8 Å². The molecular formula is C18H16ClFN2O3S. The number of halogens is 2. The summed E-state index contributed by atoms with van der Waals surface area (Å²) in [5.74, 6) is 0.225. The Morgan fingerprint density at radius 1 is 1.38 bits per heavy atom. The van der Waals surface area contributed by atoms with E-state index in [1.54, 1.807) is 18.4 Å². The number of hydrogen-bond acceptors (Lipinski definition) is 5. The minimum atomic E-state index is -1.29. The second kappa shape index (κ2) is 7.57. The SMILES string of the molecule is Cc1ccc(-c2nc(C(=O)NC(C)C(O)c3c(F)cccc3Cl)cs2)o1. The van der Waals surface area contributed by atoms with Gasteiger partial charge in [0.15, 0.2) is 10.8 Å². The molecule has 0 bridgehead atoms. The van der Waals surface area contributed by atoms with E-state index in [2.05, 4.69) is 10.3 Å². The Morgan fingerprint density at radius 2 is 2.15 bits per heavy atom. The Bertz CT molecular complexity index is 920. The van der Waals surface area contributed by atoms with E-state index in [1.807, 2.05) is 13.0 Å². The number of thiazole rings is 1. The van der Waals surface area contributed by atoms with Gasteiger partial charge in [-0.15, -0.1) is 11.3 Å². The predicted octanol–water partition coefficient (Wildman–Crippen LogP) is 4.36. The van der Waals surface area contributed by atoms with Gasteiger partial charge in [-0.2, -0.15) is 0 Å². The monoisotopic (exact) mass is 394 g/mol. The van der Waals surface area contributed by atoms with Crippen molar-refractivity contribution in [2.24, 2.45) is 0 Å². The van der Waals surface area contributed by atoms with E-state index >= 15 is 0 Å². The smallest absolute Gasteiger partial charge is 0.271 e. The molecule has 3 rings (SSSR count). The minimum absolute atomic E-state index is 0.0491. The van der Waals surface area contributed by atoms with Crippen LogP contribution in [0.5, 0.6) is 0 Å². The van der Waals surface area contributed by atoms with Crippen LogP contribution in [-0.2, 0) is 0 Å². The lowest BCUT2D eigenvalue weighted by Crippen LogP contribution is -2.37. The molecule has 1 amide bonds. The summed E-state index contributed by atoms with van der Waals surface area (Å²) in [6.07, 6.45) is -1.29. The second-order valence-corrected chi connectivity index (χ2v) is 7.06. The maximum Gasteiger partial charge on any atom is 0.271 e. The number of carbonyl (C=O) groups is 1. The van der Waals surface area contributed by atoms with Gasteiger partial charge in [-0.1, -0.05) is 17.7 Å². The van der Waals surface area contributed by atoms with E-state index in [0.717, 1.165) is 5.76 Å². The quantitative estimate of drug-likeness (QED) is 0.674. The number of benzene rings is 1. The summed E-state index contributed by atoms with van der Waals surface area (Å²) in [4.78, 5) is 16.6. The number of nitrogens with zero attached hydrogens (tertiary/aromatic N) is 1. The van der Waals surface area contributed by atoms with Gasteiger partial charge in [0, 0.05) is 16.0 Å². The number of carbonyl (C=O) groups excluding carboxylic acids is 1. The van der Waals surface area contributed by atoms with Crippen LogP contribution in [0.3, 0.4) is 0 Å². The van der Waals surface area contributed by atoms with Crippen molar-refractivity contribution >= 4 is 28.8 Å². The van der Waals surface area contributed by atoms with Crippen LogP contribution in [0.15, 0.2) is 40.1 Å². The highest BCUT2D eigenvalue weighted by molar-refractivity contribution is 7.13. The molecule has 3 aromatic rings. The Labute approximate surface area is 158 Å². The molecule has 0 fully saturated rings. The number of aromatic nitrogens is 1. The number of furan rings is 1. The third-order valence-corrected chi connectivity index (χ3v) is 5.00. The highest BCUT2D eigenvalue weighted by Gasteiger charge is 2.25. The van der Waals surface area contributed by atoms with Crippen LogP contribution in [0.4, 0.5) is 4.39 Å². The molecule has 2 heterocycles. The molecule has 136 valence electrons. The topological polar surface area (TPSA) is 75.4 Å². The van der Waals surface area contributed by atoms with Gasteiger partial charge >= 0.3 is 0 Å². The van der Waals surface area contributed by atoms with Crippen molar-refractivity contribution in [2.75, 3.05) is 0 Å². The number of aliphatic hydroxyl groups excluding tert-OH is 1. The number of rotatable bonds is 5. The number of aliphatic hydroxyl groups is 1. The highest BCUT2D eigenvalue weighted by Crippen LogP contribution is 2.29. The molecule has 2 aromatic heterocycles. The second-order valence-electron chi connectivity index (χ2n) is 5.79. The Hall–Kier alpha value is -2.22. The van der Waals surface area contributed by atoms with E-state index in [9.17, 15) is 14.3 Å². The zero-order valence-corrected chi connectivity index (χ0v) is 15.6. The van der Waals surface area contributed by atoms with Crippen molar-refractivity contribution in [3.63, 3.8) is 0 Å². The molecule has 1 aromatic carbocycles. The van der Waals surface area contributed by atoms with Crippen LogP contribution in [0.2, 0.25) is 5.02 Å². The largest absolute Gasteiger partial charge is 0.459 e. The van der Waals surface area contributed by atoms with Crippen LogP contribution in [-0.4, -0.2) is 22.0 Å². The minimum Gasteiger partial charge on any atom is -0.459 e. The van der Waals surface area contributed by atoms with Gasteiger partial charge in [-0.3, -0.25) is 4.79 Å². The molecule has 26 heavy (non-hydrogen) atoms. The first-order valence-electron chi connectivity index (χ1n) is 7.82. The molecule has 5 nitrogen and oxygen atoms in total. The summed E-state index contributed by atoms with van der Waals surface area (Å²) in [6, 6.07) is 6.96. The summed E-state index contributed by atoms with van der Waals surface area (Å²) in [6.45, 7) is 3.39. The molecule has 2 N–H and O–H groups in total. The van der Waals surface area contributed by atoms with Gasteiger partial charge in [0.25, 0.3) is 5.91 Å². The van der Waals surface area contributed by atoms with Gasteiger partial charge in [0.05, 0.1) is 6.04 Å². The molecule has 2 unspecified atom stereocenters. The predicted molar refractivity (Wildman–Crippen MR) is 97.9 cm³/mol. The maximum absolute atomic E-state index is 13.9. The van der Waals surface area contributed by atoms with Crippen molar-refractivity contribution in [1.29, 1.82) is 0 Å². The van der Waals surface area contributed by atoms with Crippen molar-refractivity contribution in [1.82, 2.24) is 10.3 Å². The van der Waals surface area contributed by atoms with E-state index in [1.165, 1.54) is 29.5 Å². The van der Waals surface area contributed by atoms with Crippen LogP contribution in [0, 0.1) is 12.7 Å². The highest BCUT2D eigenvalue weighted by atomic mass is 35.5. The molecule has 0 spiro atoms. The van der Waals surface area contributed by atoms with Crippen molar-refractivity contribution in [3.8, 4) is 10.8 Å². The van der Waals surface area contributed by atoms with Gasteiger partial charge in [0.1, 0.15) is 23.4 Å². The molecule has 0 aliphatic heterocycles. The molecule has 0 aliphatic carbocycles. The first-order valence-corrected chi connectivity index (χ1v) is 9.07. The molecule has 0 saturated heterocycles. The lowest BCUT2D eigenvalue weighted by molar-refractivity contribution is 0.0842. The summed E-state index contributed by atoms with van der Waals surface area (Å²) in [7, 11) is 0. The zero-order valence-electron chi connectivity index (χ0n) is 14.0. The van der Waals surface area contributed by atoms with Crippen LogP contribution < -0.4 is 5.32 Å². The summed E-state index contributed by atoms with van der Waals surface area (Å²) >= 11 is 7.23. The van der Waals surface area contributed by atoms with E-state index in [-0.39, 0.29) is 16.3 Å². The lowest BCUT2D eigenvalue weighted by Gasteiger charge is -2.21. The maximum atomic E-state index is 13.9. The first kappa shape index (κ1) is 18.6. The fourth-order valence-corrected chi connectivity index (χ4v) is 3.48. The third kappa shape index (κ3) is 3.80. The standard InChI is InChI=1S/C18H16ClFN2O3S/c1-9-6-7-14(25-9)18-22-13(8-26-18)17(24)21-10(2)16(23)15-11(19)4-3-5-12(15)20/h3-8,10,16,23H,1-2H3,(H,21,24). The summed E-state index contributed by atoms with van der Waals surface area (Å²) in [5, 5.41) is 15.3. The molecule has 0 aliphatic rings. The number of nitrogens with one attached hydrogen (secondary N) is 1. The number of amides is 1. The molecule has 0 radical (unpaired) electrons. The van der Waals surface area contributed by atoms with Crippen LogP contribution >= 0.6 is 22.9 Å².